The van der Waals surface area contributed by atoms with Gasteiger partial charge in [-0.25, -0.2) is 4.79 Å². The van der Waals surface area contributed by atoms with Gasteiger partial charge in [-0.3, -0.25) is 4.99 Å². The van der Waals surface area contributed by atoms with Gasteiger partial charge in [-0.1, -0.05) is 12.1 Å². The monoisotopic (exact) mass is 505 g/mol. The minimum Gasteiger partial charge on any atom is -0.444 e. The molecular weight excluding hydrogens is 469 g/mol. The smallest absolute Gasteiger partial charge is 0.407 e. The fourth-order valence-corrected chi connectivity index (χ4v) is 2.31. The lowest BCUT2D eigenvalue weighted by Gasteiger charge is -2.19. The van der Waals surface area contributed by atoms with Gasteiger partial charge in [0.25, 0.3) is 0 Å². The molecule has 28 heavy (non-hydrogen) atoms. The first-order chi connectivity index (χ1) is 12.7. The first-order valence-electron chi connectivity index (χ1n) is 9.39. The first kappa shape index (κ1) is 26.3. The van der Waals surface area contributed by atoms with Crippen LogP contribution in [0.15, 0.2) is 29.3 Å². The van der Waals surface area contributed by atoms with Gasteiger partial charge in [0, 0.05) is 46.5 Å². The molecule has 0 bridgehead atoms. The van der Waals surface area contributed by atoms with Gasteiger partial charge in [-0.2, -0.15) is 0 Å². The molecule has 0 aromatic heterocycles. The molecule has 0 heterocycles. The van der Waals surface area contributed by atoms with E-state index in [2.05, 4.69) is 50.1 Å². The van der Waals surface area contributed by atoms with E-state index in [0.29, 0.717) is 13.1 Å². The maximum absolute atomic E-state index is 11.6. The second-order valence-corrected chi connectivity index (χ2v) is 7.52. The van der Waals surface area contributed by atoms with Crippen molar-refractivity contribution in [1.29, 1.82) is 0 Å². The van der Waals surface area contributed by atoms with Crippen LogP contribution in [-0.2, 0) is 11.2 Å². The number of amides is 1. The fraction of sp³-hybridized carbons (Fsp3) is 0.600. The van der Waals surface area contributed by atoms with Crippen LogP contribution < -0.4 is 20.9 Å². The molecule has 0 atom stereocenters. The third-order valence-electron chi connectivity index (χ3n) is 3.70. The van der Waals surface area contributed by atoms with Gasteiger partial charge in [0.15, 0.2) is 5.96 Å². The summed E-state index contributed by atoms with van der Waals surface area (Å²) < 4.78 is 5.19. The molecule has 1 rings (SSSR count). The van der Waals surface area contributed by atoms with E-state index in [4.69, 9.17) is 4.74 Å². The SMILES string of the molecule is CN=C(NCCCNC(=O)OC(C)(C)C)NCCc1ccc(N(C)C)cc1.I. The molecule has 0 aliphatic heterocycles. The Morgan fingerprint density at radius 3 is 2.14 bits per heavy atom. The molecule has 0 unspecified atom stereocenters. The number of hydrogen-bond donors (Lipinski definition) is 3. The van der Waals surface area contributed by atoms with Crippen molar-refractivity contribution < 1.29 is 9.53 Å². The molecule has 7 nitrogen and oxygen atoms in total. The molecule has 1 aromatic rings. The summed E-state index contributed by atoms with van der Waals surface area (Å²) in [5, 5.41) is 9.29. The van der Waals surface area contributed by atoms with E-state index in [0.717, 1.165) is 25.3 Å². The zero-order valence-corrected chi connectivity index (χ0v) is 20.3. The Kier molecular flexibility index (Phi) is 12.6. The van der Waals surface area contributed by atoms with Crippen molar-refractivity contribution >= 4 is 41.7 Å². The van der Waals surface area contributed by atoms with Crippen LogP contribution in [0.25, 0.3) is 0 Å². The topological polar surface area (TPSA) is 78.0 Å². The van der Waals surface area contributed by atoms with E-state index in [9.17, 15) is 4.79 Å². The van der Waals surface area contributed by atoms with Crippen molar-refractivity contribution in [3.05, 3.63) is 29.8 Å². The summed E-state index contributed by atoms with van der Waals surface area (Å²) in [7, 11) is 5.82. The van der Waals surface area contributed by atoms with E-state index in [-0.39, 0.29) is 30.1 Å². The lowest BCUT2D eigenvalue weighted by molar-refractivity contribution is 0.0527. The predicted octanol–water partition coefficient (Wildman–Crippen LogP) is 2.99. The van der Waals surface area contributed by atoms with Crippen molar-refractivity contribution in [2.75, 3.05) is 45.7 Å². The Balaban J connectivity index is 0.00000729. The minimum atomic E-state index is -0.471. The van der Waals surface area contributed by atoms with Gasteiger partial charge < -0.3 is 25.6 Å². The zero-order chi connectivity index (χ0) is 20.3. The van der Waals surface area contributed by atoms with Crippen molar-refractivity contribution in [3.8, 4) is 0 Å². The molecule has 0 aliphatic carbocycles. The summed E-state index contributed by atoms with van der Waals surface area (Å²) in [5.74, 6) is 0.761. The van der Waals surface area contributed by atoms with Crippen LogP contribution in [0.2, 0.25) is 0 Å². The van der Waals surface area contributed by atoms with E-state index < -0.39 is 5.60 Å². The number of aliphatic imine (C=N–C) groups is 1. The molecule has 0 radical (unpaired) electrons. The summed E-state index contributed by atoms with van der Waals surface area (Å²) in [6, 6.07) is 8.55. The highest BCUT2D eigenvalue weighted by Gasteiger charge is 2.15. The van der Waals surface area contributed by atoms with Crippen LogP contribution in [0, 0.1) is 0 Å². The molecule has 1 amide bonds. The third-order valence-corrected chi connectivity index (χ3v) is 3.70. The maximum Gasteiger partial charge on any atom is 0.407 e. The number of carbonyl (C=O) groups excluding carboxylic acids is 1. The number of carbonyl (C=O) groups is 1. The molecule has 0 saturated heterocycles. The van der Waals surface area contributed by atoms with Gasteiger partial charge in [-0.15, -0.1) is 24.0 Å². The van der Waals surface area contributed by atoms with Gasteiger partial charge in [0.05, 0.1) is 0 Å². The largest absolute Gasteiger partial charge is 0.444 e. The number of hydrogen-bond acceptors (Lipinski definition) is 4. The number of benzene rings is 1. The van der Waals surface area contributed by atoms with E-state index in [1.807, 2.05) is 34.9 Å². The lowest BCUT2D eigenvalue weighted by atomic mass is 10.1. The third kappa shape index (κ3) is 11.9. The average Bonchev–Trinajstić information content (AvgIpc) is 2.58. The number of anilines is 1. The second kappa shape index (κ2) is 13.5. The normalized spacial score (nSPS) is 11.3. The summed E-state index contributed by atoms with van der Waals surface area (Å²) in [4.78, 5) is 17.9. The average molecular weight is 505 g/mol. The number of ether oxygens (including phenoxy) is 1. The number of guanidine groups is 1. The molecule has 160 valence electrons. The highest BCUT2D eigenvalue weighted by atomic mass is 127. The van der Waals surface area contributed by atoms with Crippen LogP contribution >= 0.6 is 24.0 Å². The number of nitrogens with one attached hydrogen (secondary N) is 3. The number of halogens is 1. The van der Waals surface area contributed by atoms with Crippen LogP contribution in [0.5, 0.6) is 0 Å². The molecule has 8 heteroatoms. The van der Waals surface area contributed by atoms with E-state index in [1.165, 1.54) is 11.3 Å². The summed E-state index contributed by atoms with van der Waals surface area (Å²) in [6.07, 6.45) is 1.32. The Morgan fingerprint density at radius 2 is 1.61 bits per heavy atom. The minimum absolute atomic E-state index is 0. The van der Waals surface area contributed by atoms with Crippen LogP contribution in [-0.4, -0.2) is 58.4 Å². The zero-order valence-electron chi connectivity index (χ0n) is 18.0. The number of rotatable bonds is 8. The van der Waals surface area contributed by atoms with Crippen LogP contribution in [0.3, 0.4) is 0 Å². The predicted molar refractivity (Wildman–Crippen MR) is 128 cm³/mol. The Bertz CT molecular complexity index is 598. The summed E-state index contributed by atoms with van der Waals surface area (Å²) in [5.41, 5.74) is 2.01. The van der Waals surface area contributed by atoms with Crippen molar-refractivity contribution in [1.82, 2.24) is 16.0 Å². The quantitative estimate of drug-likeness (QED) is 0.219. The molecule has 0 spiro atoms. The second-order valence-electron chi connectivity index (χ2n) is 7.52. The van der Waals surface area contributed by atoms with E-state index in [1.54, 1.807) is 7.05 Å². The Labute approximate surface area is 186 Å². The van der Waals surface area contributed by atoms with Gasteiger partial charge >= 0.3 is 6.09 Å². The molecule has 0 fully saturated rings. The molecule has 1 aromatic carbocycles. The summed E-state index contributed by atoms with van der Waals surface area (Å²) in [6.45, 7) is 7.61. The van der Waals surface area contributed by atoms with Crippen molar-refractivity contribution in [2.45, 2.75) is 39.2 Å². The van der Waals surface area contributed by atoms with Gasteiger partial charge in [-0.05, 0) is 51.3 Å². The maximum atomic E-state index is 11.6. The molecular formula is C20H36IN5O2. The molecule has 0 aliphatic rings. The van der Waals surface area contributed by atoms with E-state index >= 15 is 0 Å². The molecule has 3 N–H and O–H groups in total. The number of alkyl carbamates (subject to hydrolysis) is 1. The highest BCUT2D eigenvalue weighted by molar-refractivity contribution is 14.0. The summed E-state index contributed by atoms with van der Waals surface area (Å²) >= 11 is 0. The highest BCUT2D eigenvalue weighted by Crippen LogP contribution is 2.12. The fourth-order valence-electron chi connectivity index (χ4n) is 2.31. The Hall–Kier alpha value is -1.71. The van der Waals surface area contributed by atoms with Gasteiger partial charge in [0.1, 0.15) is 5.60 Å². The number of nitrogens with zero attached hydrogens (tertiary/aromatic N) is 2. The standard InChI is InChI=1S/C20H35N5O2.HI/c1-20(2,3)27-19(26)24-14-7-13-22-18(21-4)23-15-12-16-8-10-17(11-9-16)25(5)6;/h8-11H,7,12-15H2,1-6H3,(H,24,26)(H2,21,22,23);1H. The van der Waals surface area contributed by atoms with Crippen molar-refractivity contribution in [3.63, 3.8) is 0 Å². The molecule has 0 saturated carbocycles. The lowest BCUT2D eigenvalue weighted by Crippen LogP contribution is -2.40. The van der Waals surface area contributed by atoms with Crippen molar-refractivity contribution in [2.24, 2.45) is 4.99 Å². The van der Waals surface area contributed by atoms with Gasteiger partial charge in [0.2, 0.25) is 0 Å². The first-order valence-corrected chi connectivity index (χ1v) is 9.39. The Morgan fingerprint density at radius 1 is 1.04 bits per heavy atom. The van der Waals surface area contributed by atoms with Crippen LogP contribution in [0.4, 0.5) is 10.5 Å². The van der Waals surface area contributed by atoms with Crippen LogP contribution in [0.1, 0.15) is 32.8 Å².